The number of amides is 2. The van der Waals surface area contributed by atoms with Gasteiger partial charge in [0.1, 0.15) is 32.7 Å². The predicted molar refractivity (Wildman–Crippen MR) is 93.7 cm³/mol. The van der Waals surface area contributed by atoms with E-state index in [1.807, 2.05) is 0 Å². The number of nitrogens with one attached hydrogen (secondary N) is 2. The van der Waals surface area contributed by atoms with Gasteiger partial charge in [-0.05, 0) is 12.8 Å². The largest absolute Gasteiger partial charge is 0.322 e. The number of piperazine rings is 1. The summed E-state index contributed by atoms with van der Waals surface area (Å²) in [4.78, 5) is 29.8. The minimum Gasteiger partial charge on any atom is -0.322 e. The molecular weight excluding hydrogens is 314 g/mol. The number of rotatable bonds is 4. The molecule has 2 atom stereocenters. The first kappa shape index (κ1) is 16.7. The third-order valence-electron chi connectivity index (χ3n) is 6.28. The highest BCUT2D eigenvalue weighted by molar-refractivity contribution is 6.05. The molecule has 5 nitrogen and oxygen atoms in total. The predicted octanol–water partition coefficient (Wildman–Crippen LogP) is -0.897. The van der Waals surface area contributed by atoms with E-state index in [1.54, 1.807) is 9.80 Å². The molecule has 0 unspecified atom stereocenters. The molecule has 134 valence electrons. The zero-order valence-electron chi connectivity index (χ0n) is 14.9. The average Bonchev–Trinajstić information content (AvgIpc) is 2.89. The summed E-state index contributed by atoms with van der Waals surface area (Å²) in [5.41, 5.74) is 1.38. The van der Waals surface area contributed by atoms with Crippen LogP contribution in [0.5, 0.6) is 0 Å². The molecule has 5 heteroatoms. The molecule has 3 aliphatic rings. The number of quaternary nitrogens is 2. The molecule has 0 bridgehead atoms. The first-order chi connectivity index (χ1) is 12.2. The lowest BCUT2D eigenvalue weighted by molar-refractivity contribution is -1.02. The van der Waals surface area contributed by atoms with Crippen LogP contribution in [-0.2, 0) is 16.1 Å². The van der Waals surface area contributed by atoms with Gasteiger partial charge >= 0.3 is 0 Å². The number of nitrogens with zero attached hydrogens (tertiary/aromatic N) is 1. The van der Waals surface area contributed by atoms with Crippen molar-refractivity contribution in [3.63, 3.8) is 0 Å². The Bertz CT molecular complexity index is 601. The molecule has 2 N–H and O–H groups in total. The van der Waals surface area contributed by atoms with Crippen LogP contribution in [0.25, 0.3) is 0 Å². The number of hydrogen-bond acceptors (Lipinski definition) is 2. The molecular formula is C20H29N3O2+2. The summed E-state index contributed by atoms with van der Waals surface area (Å²) in [6.07, 6.45) is 4.02. The standard InChI is InChI=1S/C20H27N3O2/c24-19-17-8-4-5-9-18(17)20(25)23(19)15-22-12-10-21(11-13-22)14-16-6-2-1-3-7-16/h1-3,6-7,17-18H,4-5,8-15H2/p+2/t17-,18-/m1/s1. The number of carbonyl (C=O) groups is 2. The molecule has 4 rings (SSSR count). The van der Waals surface area contributed by atoms with Gasteiger partial charge in [-0.2, -0.15) is 0 Å². The maximum absolute atomic E-state index is 12.6. The van der Waals surface area contributed by atoms with Crippen LogP contribution >= 0.6 is 0 Å². The van der Waals surface area contributed by atoms with Crippen molar-refractivity contribution in [2.45, 2.75) is 32.2 Å². The Hall–Kier alpha value is -1.72. The molecule has 2 amide bonds. The van der Waals surface area contributed by atoms with Crippen LogP contribution in [0.15, 0.2) is 30.3 Å². The van der Waals surface area contributed by atoms with Crippen molar-refractivity contribution in [3.8, 4) is 0 Å². The second-order valence-corrected chi connectivity index (χ2v) is 7.92. The molecule has 3 fully saturated rings. The summed E-state index contributed by atoms with van der Waals surface area (Å²) in [5.74, 6) is 0.207. The maximum atomic E-state index is 12.6. The Morgan fingerprint density at radius 2 is 1.40 bits per heavy atom. The number of carbonyl (C=O) groups excluding carboxylic acids is 2. The van der Waals surface area contributed by atoms with Crippen molar-refractivity contribution >= 4 is 11.8 Å². The Morgan fingerprint density at radius 3 is 2.00 bits per heavy atom. The van der Waals surface area contributed by atoms with Crippen molar-refractivity contribution in [2.75, 3.05) is 32.8 Å². The zero-order chi connectivity index (χ0) is 17.2. The Kier molecular flexibility index (Phi) is 4.86. The van der Waals surface area contributed by atoms with Crippen LogP contribution in [0.3, 0.4) is 0 Å². The summed E-state index contributed by atoms with van der Waals surface area (Å²) < 4.78 is 0. The Balaban J connectivity index is 1.30. The van der Waals surface area contributed by atoms with Gasteiger partial charge in [0, 0.05) is 5.56 Å². The van der Waals surface area contributed by atoms with E-state index >= 15 is 0 Å². The van der Waals surface area contributed by atoms with Crippen molar-refractivity contribution in [2.24, 2.45) is 11.8 Å². The highest BCUT2D eigenvalue weighted by atomic mass is 16.2. The first-order valence-corrected chi connectivity index (χ1v) is 9.78. The van der Waals surface area contributed by atoms with Gasteiger partial charge in [-0.1, -0.05) is 43.2 Å². The molecule has 1 saturated carbocycles. The third-order valence-corrected chi connectivity index (χ3v) is 6.28. The topological polar surface area (TPSA) is 46.3 Å². The maximum Gasteiger partial charge on any atom is 0.237 e. The van der Waals surface area contributed by atoms with Gasteiger partial charge in [0.2, 0.25) is 11.8 Å². The van der Waals surface area contributed by atoms with Crippen LogP contribution in [0.4, 0.5) is 0 Å². The monoisotopic (exact) mass is 343 g/mol. The van der Waals surface area contributed by atoms with E-state index in [1.165, 1.54) is 10.5 Å². The van der Waals surface area contributed by atoms with Crippen LogP contribution in [0, 0.1) is 11.8 Å². The van der Waals surface area contributed by atoms with E-state index in [4.69, 9.17) is 0 Å². The minimum atomic E-state index is -0.00866. The lowest BCUT2D eigenvalue weighted by atomic mass is 9.81. The molecule has 1 aliphatic carbocycles. The minimum absolute atomic E-state index is 0.00866. The Labute approximate surface area is 149 Å². The van der Waals surface area contributed by atoms with Gasteiger partial charge in [-0.3, -0.25) is 9.59 Å². The summed E-state index contributed by atoms with van der Waals surface area (Å²) in [6.45, 7) is 5.94. The molecule has 1 aromatic carbocycles. The van der Waals surface area contributed by atoms with Gasteiger partial charge in [0.25, 0.3) is 0 Å². The third kappa shape index (κ3) is 3.48. The number of likely N-dealkylation sites (tertiary alicyclic amines) is 1. The van der Waals surface area contributed by atoms with Crippen molar-refractivity contribution < 1.29 is 19.4 Å². The highest BCUT2D eigenvalue weighted by Gasteiger charge is 2.49. The van der Waals surface area contributed by atoms with Gasteiger partial charge in [0.15, 0.2) is 6.67 Å². The second kappa shape index (κ2) is 7.26. The molecule has 2 aliphatic heterocycles. The highest BCUT2D eigenvalue weighted by Crippen LogP contribution is 2.37. The smallest absolute Gasteiger partial charge is 0.237 e. The van der Waals surface area contributed by atoms with Gasteiger partial charge in [-0.25, -0.2) is 4.90 Å². The first-order valence-electron chi connectivity index (χ1n) is 9.78. The van der Waals surface area contributed by atoms with Crippen LogP contribution in [0.2, 0.25) is 0 Å². The van der Waals surface area contributed by atoms with Crippen LogP contribution in [-0.4, -0.2) is 49.6 Å². The summed E-state index contributed by atoms with van der Waals surface area (Å²) in [6, 6.07) is 10.6. The summed E-state index contributed by atoms with van der Waals surface area (Å²) in [7, 11) is 0. The van der Waals surface area contributed by atoms with E-state index < -0.39 is 0 Å². The number of hydrogen-bond donors (Lipinski definition) is 2. The average molecular weight is 343 g/mol. The molecule has 0 radical (unpaired) electrons. The van der Waals surface area contributed by atoms with Gasteiger partial charge in [-0.15, -0.1) is 0 Å². The van der Waals surface area contributed by atoms with Crippen molar-refractivity contribution in [3.05, 3.63) is 35.9 Å². The normalized spacial score (nSPS) is 32.7. The van der Waals surface area contributed by atoms with E-state index in [9.17, 15) is 9.59 Å². The quantitative estimate of drug-likeness (QED) is 0.697. The van der Waals surface area contributed by atoms with Crippen LogP contribution in [0.1, 0.15) is 31.2 Å². The van der Waals surface area contributed by atoms with E-state index in [-0.39, 0.29) is 23.7 Å². The zero-order valence-corrected chi connectivity index (χ0v) is 14.9. The molecule has 0 aromatic heterocycles. The molecule has 0 spiro atoms. The lowest BCUT2D eigenvalue weighted by Gasteiger charge is -2.31. The SMILES string of the molecule is O=C1[C@@H]2CCCC[C@H]2C(=O)N1C[NH+]1CC[NH+](Cc2ccccc2)CC1. The fraction of sp³-hybridized carbons (Fsp3) is 0.600. The molecule has 25 heavy (non-hydrogen) atoms. The van der Waals surface area contributed by atoms with Gasteiger partial charge < -0.3 is 9.80 Å². The lowest BCUT2D eigenvalue weighted by Crippen LogP contribution is -3.28. The van der Waals surface area contributed by atoms with E-state index in [0.29, 0.717) is 6.67 Å². The molecule has 2 saturated heterocycles. The summed E-state index contributed by atoms with van der Waals surface area (Å²) >= 11 is 0. The van der Waals surface area contributed by atoms with Crippen LogP contribution < -0.4 is 9.80 Å². The number of fused-ring (bicyclic) bond motifs is 1. The molecule has 2 heterocycles. The van der Waals surface area contributed by atoms with E-state index in [0.717, 1.165) is 58.4 Å². The fourth-order valence-corrected chi connectivity index (χ4v) is 4.79. The molecule has 1 aromatic rings. The van der Waals surface area contributed by atoms with Crippen molar-refractivity contribution in [1.29, 1.82) is 0 Å². The number of imide groups is 1. The second-order valence-electron chi connectivity index (χ2n) is 7.92. The number of benzene rings is 1. The van der Waals surface area contributed by atoms with Crippen molar-refractivity contribution in [1.82, 2.24) is 4.90 Å². The fourth-order valence-electron chi connectivity index (χ4n) is 4.79. The van der Waals surface area contributed by atoms with E-state index in [2.05, 4.69) is 30.3 Å². The summed E-state index contributed by atoms with van der Waals surface area (Å²) in [5, 5.41) is 0. The van der Waals surface area contributed by atoms with Gasteiger partial charge in [0.05, 0.1) is 11.8 Å². The Morgan fingerprint density at radius 1 is 0.840 bits per heavy atom.